The van der Waals surface area contributed by atoms with E-state index in [1.807, 2.05) is 0 Å². The number of hydrogen-bond donors (Lipinski definition) is 2. The van der Waals surface area contributed by atoms with Crippen LogP contribution in [-0.2, 0) is 11.2 Å². The molecule has 0 saturated heterocycles. The summed E-state index contributed by atoms with van der Waals surface area (Å²) in [4.78, 5) is 41.0. The van der Waals surface area contributed by atoms with E-state index in [0.717, 1.165) is 12.0 Å². The van der Waals surface area contributed by atoms with Crippen molar-refractivity contribution < 1.29 is 23.5 Å². The first-order valence-corrected chi connectivity index (χ1v) is 11.0. The van der Waals surface area contributed by atoms with Gasteiger partial charge in [-0.2, -0.15) is 5.10 Å². The van der Waals surface area contributed by atoms with E-state index in [1.54, 1.807) is 50.2 Å². The number of nitrogens with one attached hydrogen (secondary N) is 2. The minimum atomic E-state index is -0.419. The van der Waals surface area contributed by atoms with Crippen LogP contribution in [0.4, 0.5) is 5.69 Å². The first-order valence-electron chi connectivity index (χ1n) is 11.0. The van der Waals surface area contributed by atoms with Gasteiger partial charge in [0, 0.05) is 41.2 Å². The summed E-state index contributed by atoms with van der Waals surface area (Å²) in [5.41, 5.74) is 6.04. The van der Waals surface area contributed by atoms with Crippen molar-refractivity contribution in [2.24, 2.45) is 5.10 Å². The molecule has 174 valence electrons. The highest BCUT2D eigenvalue weighted by Gasteiger charge is 2.28. The Kier molecular flexibility index (Phi) is 6.82. The highest BCUT2D eigenvalue weighted by atomic mass is 16.5. The molecule has 0 bridgehead atoms. The predicted octanol–water partition coefficient (Wildman–Crippen LogP) is 3.88. The zero-order valence-corrected chi connectivity index (χ0v) is 18.9. The normalized spacial score (nSPS) is 13.8. The van der Waals surface area contributed by atoms with Gasteiger partial charge in [0.05, 0.1) is 17.9 Å². The SMILES string of the molecule is CCOC(=O)c1ccc(NC(=O)c2oc3c(c2C)/C(=N/NC(=O)c2ccncc2)CCC3)cc1. The maximum absolute atomic E-state index is 12.9. The number of aromatic nitrogens is 1. The van der Waals surface area contributed by atoms with Crippen LogP contribution in [-0.4, -0.2) is 35.1 Å². The number of benzene rings is 1. The zero-order valence-electron chi connectivity index (χ0n) is 18.9. The number of fused-ring (bicyclic) bond motifs is 1. The number of rotatable bonds is 6. The molecule has 0 aliphatic heterocycles. The van der Waals surface area contributed by atoms with Crippen LogP contribution in [0.25, 0.3) is 0 Å². The average Bonchev–Trinajstić information content (AvgIpc) is 3.21. The van der Waals surface area contributed by atoms with Crippen molar-refractivity contribution in [3.8, 4) is 0 Å². The minimum absolute atomic E-state index is 0.189. The number of pyridine rings is 1. The van der Waals surface area contributed by atoms with E-state index in [9.17, 15) is 14.4 Å². The summed E-state index contributed by atoms with van der Waals surface area (Å²) in [5.74, 6) is -0.306. The van der Waals surface area contributed by atoms with Crippen LogP contribution >= 0.6 is 0 Å². The number of furan rings is 1. The van der Waals surface area contributed by atoms with Crippen LogP contribution in [0.1, 0.15) is 67.9 Å². The lowest BCUT2D eigenvalue weighted by Crippen LogP contribution is -2.22. The molecule has 9 nitrogen and oxygen atoms in total. The number of hydrazone groups is 1. The molecule has 3 aromatic rings. The van der Waals surface area contributed by atoms with Gasteiger partial charge in [0.25, 0.3) is 11.8 Å². The number of esters is 1. The molecule has 4 rings (SSSR count). The molecular formula is C25H24N4O5. The first kappa shape index (κ1) is 22.9. The van der Waals surface area contributed by atoms with Crippen molar-refractivity contribution in [2.45, 2.75) is 33.1 Å². The Hall–Kier alpha value is -4.27. The third kappa shape index (κ3) is 4.88. The van der Waals surface area contributed by atoms with Crippen LogP contribution < -0.4 is 10.7 Å². The number of carbonyl (C=O) groups is 3. The summed E-state index contributed by atoms with van der Waals surface area (Å²) in [6, 6.07) is 9.64. The summed E-state index contributed by atoms with van der Waals surface area (Å²) in [5, 5.41) is 7.11. The molecule has 0 saturated carbocycles. The summed E-state index contributed by atoms with van der Waals surface area (Å²) in [6.45, 7) is 3.83. The molecule has 0 spiro atoms. The van der Waals surface area contributed by atoms with Crippen molar-refractivity contribution in [2.75, 3.05) is 11.9 Å². The van der Waals surface area contributed by atoms with Gasteiger partial charge in [-0.1, -0.05) is 0 Å². The van der Waals surface area contributed by atoms with E-state index in [0.29, 0.717) is 53.3 Å². The number of anilines is 1. The number of amides is 2. The third-order valence-corrected chi connectivity index (χ3v) is 5.42. The van der Waals surface area contributed by atoms with E-state index in [4.69, 9.17) is 9.15 Å². The topological polar surface area (TPSA) is 123 Å². The van der Waals surface area contributed by atoms with Gasteiger partial charge in [-0.05, 0) is 63.1 Å². The lowest BCUT2D eigenvalue weighted by molar-refractivity contribution is 0.0526. The molecular weight excluding hydrogens is 436 g/mol. The molecule has 2 amide bonds. The lowest BCUT2D eigenvalue weighted by atomic mass is 9.93. The van der Waals surface area contributed by atoms with Gasteiger partial charge >= 0.3 is 5.97 Å². The van der Waals surface area contributed by atoms with Crippen molar-refractivity contribution >= 4 is 29.2 Å². The number of ether oxygens (including phenoxy) is 1. The van der Waals surface area contributed by atoms with E-state index in [2.05, 4.69) is 20.8 Å². The van der Waals surface area contributed by atoms with Gasteiger partial charge in [0.2, 0.25) is 0 Å². The summed E-state index contributed by atoms with van der Waals surface area (Å²) in [7, 11) is 0. The second-order valence-corrected chi connectivity index (χ2v) is 7.70. The molecule has 0 unspecified atom stereocenters. The number of aryl methyl sites for hydroxylation is 1. The van der Waals surface area contributed by atoms with E-state index < -0.39 is 11.9 Å². The Morgan fingerprint density at radius 1 is 1.03 bits per heavy atom. The Morgan fingerprint density at radius 3 is 2.47 bits per heavy atom. The summed E-state index contributed by atoms with van der Waals surface area (Å²) in [6.07, 6.45) is 5.20. The Morgan fingerprint density at radius 2 is 1.76 bits per heavy atom. The highest BCUT2D eigenvalue weighted by Crippen LogP contribution is 2.30. The van der Waals surface area contributed by atoms with Crippen LogP contribution in [0.5, 0.6) is 0 Å². The predicted molar refractivity (Wildman–Crippen MR) is 125 cm³/mol. The number of nitrogens with zero attached hydrogens (tertiary/aromatic N) is 2. The zero-order chi connectivity index (χ0) is 24.1. The highest BCUT2D eigenvalue weighted by molar-refractivity contribution is 6.09. The van der Waals surface area contributed by atoms with Gasteiger partial charge in [-0.15, -0.1) is 0 Å². The van der Waals surface area contributed by atoms with Crippen LogP contribution in [0, 0.1) is 6.92 Å². The largest absolute Gasteiger partial charge is 0.462 e. The van der Waals surface area contributed by atoms with Crippen molar-refractivity contribution in [1.29, 1.82) is 0 Å². The Labute approximate surface area is 196 Å². The van der Waals surface area contributed by atoms with Crippen molar-refractivity contribution in [3.63, 3.8) is 0 Å². The smallest absolute Gasteiger partial charge is 0.338 e. The molecule has 0 radical (unpaired) electrons. The summed E-state index contributed by atoms with van der Waals surface area (Å²) >= 11 is 0. The first-order chi connectivity index (χ1) is 16.5. The molecule has 1 aliphatic carbocycles. The van der Waals surface area contributed by atoms with E-state index >= 15 is 0 Å². The Bertz CT molecular complexity index is 1250. The fourth-order valence-electron chi connectivity index (χ4n) is 3.77. The monoisotopic (exact) mass is 460 g/mol. The van der Waals surface area contributed by atoms with Gasteiger partial charge in [-0.25, -0.2) is 10.2 Å². The quantitative estimate of drug-likeness (QED) is 0.425. The lowest BCUT2D eigenvalue weighted by Gasteiger charge is -2.13. The number of hydrogen-bond acceptors (Lipinski definition) is 7. The molecule has 1 aromatic carbocycles. The fraction of sp³-hybridized carbons (Fsp3) is 0.240. The minimum Gasteiger partial charge on any atom is -0.462 e. The standard InChI is InChI=1S/C25H24N4O5/c1-3-33-25(32)17-7-9-18(10-8-17)27-24(31)22-15(2)21-19(5-4-6-20(21)34-22)28-29-23(30)16-11-13-26-14-12-16/h7-14H,3-6H2,1-2H3,(H,27,31)(H,29,30)/b28-19+. The fourth-order valence-corrected chi connectivity index (χ4v) is 3.77. The second-order valence-electron chi connectivity index (χ2n) is 7.70. The molecule has 2 heterocycles. The van der Waals surface area contributed by atoms with E-state index in [-0.39, 0.29) is 11.7 Å². The number of carbonyl (C=O) groups excluding carboxylic acids is 3. The van der Waals surface area contributed by atoms with Gasteiger partial charge in [-0.3, -0.25) is 14.6 Å². The third-order valence-electron chi connectivity index (χ3n) is 5.42. The maximum Gasteiger partial charge on any atom is 0.338 e. The van der Waals surface area contributed by atoms with Crippen LogP contribution in [0.15, 0.2) is 58.3 Å². The molecule has 0 atom stereocenters. The van der Waals surface area contributed by atoms with Crippen molar-refractivity contribution in [3.05, 3.63) is 82.6 Å². The second kappa shape index (κ2) is 10.1. The van der Waals surface area contributed by atoms with Gasteiger partial charge < -0.3 is 14.5 Å². The Balaban J connectivity index is 1.50. The molecule has 0 fully saturated rings. The molecule has 1 aliphatic rings. The van der Waals surface area contributed by atoms with Crippen LogP contribution in [0.3, 0.4) is 0 Å². The van der Waals surface area contributed by atoms with Crippen molar-refractivity contribution in [1.82, 2.24) is 10.4 Å². The average molecular weight is 460 g/mol. The van der Waals surface area contributed by atoms with Gasteiger partial charge in [0.15, 0.2) is 5.76 Å². The molecule has 2 N–H and O–H groups in total. The van der Waals surface area contributed by atoms with Crippen LogP contribution in [0.2, 0.25) is 0 Å². The van der Waals surface area contributed by atoms with E-state index in [1.165, 1.54) is 12.4 Å². The van der Waals surface area contributed by atoms with Gasteiger partial charge in [0.1, 0.15) is 5.76 Å². The molecule has 2 aromatic heterocycles. The maximum atomic E-state index is 12.9. The molecule has 9 heteroatoms. The summed E-state index contributed by atoms with van der Waals surface area (Å²) < 4.78 is 10.9. The molecule has 34 heavy (non-hydrogen) atoms.